The third kappa shape index (κ3) is 18.4. The van der Waals surface area contributed by atoms with Crippen molar-refractivity contribution in [2.75, 3.05) is 72.0 Å². The van der Waals surface area contributed by atoms with Crippen LogP contribution >= 0.6 is 46.4 Å². The van der Waals surface area contributed by atoms with E-state index in [-0.39, 0.29) is 47.8 Å². The van der Waals surface area contributed by atoms with Gasteiger partial charge in [0.1, 0.15) is 0 Å². The van der Waals surface area contributed by atoms with E-state index in [1.54, 1.807) is 36.4 Å². The van der Waals surface area contributed by atoms with E-state index in [9.17, 15) is 19.2 Å². The number of hydrogen-bond donors (Lipinski definition) is 4. The minimum Gasteiger partial charge on any atom is -0.350 e. The largest absolute Gasteiger partial charge is 0.350 e. The second-order valence-electron chi connectivity index (χ2n) is 21.9. The van der Waals surface area contributed by atoms with Crippen LogP contribution in [0.3, 0.4) is 0 Å². The Labute approximate surface area is 485 Å². The van der Waals surface area contributed by atoms with Crippen LogP contribution in [0.5, 0.6) is 0 Å². The van der Waals surface area contributed by atoms with Crippen LogP contribution in [0.1, 0.15) is 148 Å². The zero-order chi connectivity index (χ0) is 55.4. The Bertz CT molecular complexity index is 2520. The second-order valence-corrected chi connectivity index (χ2v) is 23.5. The molecule has 4 N–H and O–H groups in total. The molecule has 12 nitrogen and oxygen atoms in total. The average molecular weight is 1150 g/mol. The molecule has 4 aliphatic heterocycles. The van der Waals surface area contributed by atoms with Gasteiger partial charge in [-0.05, 0) is 138 Å². The highest BCUT2D eigenvalue weighted by atomic mass is 35.5. The van der Waals surface area contributed by atoms with Crippen molar-refractivity contribution in [1.29, 1.82) is 0 Å². The summed E-state index contributed by atoms with van der Waals surface area (Å²) in [6, 6.07) is 30.8. The molecule has 8 rings (SSSR count). The van der Waals surface area contributed by atoms with Gasteiger partial charge in [-0.25, -0.2) is 0 Å². The third-order valence-electron chi connectivity index (χ3n) is 16.5. The molecule has 424 valence electrons. The molecule has 4 aliphatic rings. The summed E-state index contributed by atoms with van der Waals surface area (Å²) in [5.74, 6) is 0.552. The summed E-state index contributed by atoms with van der Waals surface area (Å²) in [5.41, 5.74) is 3.49. The zero-order valence-electron chi connectivity index (χ0n) is 46.2. The van der Waals surface area contributed by atoms with Crippen LogP contribution in [-0.4, -0.2) is 145 Å². The number of piperidine rings is 1. The fraction of sp³-hybridized carbons (Fsp3) is 0.548. The van der Waals surface area contributed by atoms with Gasteiger partial charge in [-0.3, -0.25) is 19.2 Å². The molecule has 78 heavy (non-hydrogen) atoms. The van der Waals surface area contributed by atoms with Gasteiger partial charge in [0.15, 0.2) is 0 Å². The number of carbonyl (C=O) groups is 4. The minimum atomic E-state index is -0.276. The van der Waals surface area contributed by atoms with Crippen LogP contribution in [0.25, 0.3) is 0 Å². The van der Waals surface area contributed by atoms with Crippen LogP contribution in [0.4, 0.5) is 0 Å². The highest BCUT2D eigenvalue weighted by molar-refractivity contribution is 6.42. The molecule has 7 atom stereocenters. The van der Waals surface area contributed by atoms with Crippen molar-refractivity contribution in [2.24, 2.45) is 0 Å². The lowest BCUT2D eigenvalue weighted by atomic mass is 9.95. The second kappa shape index (κ2) is 31.7. The van der Waals surface area contributed by atoms with E-state index in [0.29, 0.717) is 88.4 Å². The number of likely N-dealkylation sites (tertiary alicyclic amines) is 2. The first kappa shape index (κ1) is 61.4. The van der Waals surface area contributed by atoms with Gasteiger partial charge in [-0.1, -0.05) is 140 Å². The molecule has 4 saturated heterocycles. The molecule has 16 heteroatoms. The Kier molecular flexibility index (Phi) is 24.9. The van der Waals surface area contributed by atoms with E-state index >= 15 is 0 Å². The van der Waals surface area contributed by atoms with Gasteiger partial charge in [0.2, 0.25) is 11.8 Å². The molecular weight excluding hydrogens is 1060 g/mol. The average Bonchev–Trinajstić information content (AvgIpc) is 3.88. The van der Waals surface area contributed by atoms with Gasteiger partial charge in [0.05, 0.1) is 32.2 Å². The van der Waals surface area contributed by atoms with E-state index < -0.39 is 0 Å². The smallest absolute Gasteiger partial charge is 0.251 e. The summed E-state index contributed by atoms with van der Waals surface area (Å²) >= 11 is 24.3. The molecule has 0 spiro atoms. The van der Waals surface area contributed by atoms with Gasteiger partial charge in [0, 0.05) is 93.4 Å². The highest BCUT2D eigenvalue weighted by Gasteiger charge is 2.35. The quantitative estimate of drug-likeness (QED) is 0.0689. The SMILES string of the molecule is CCC(CN1CC[C@@H](CNC(=O)c2ccc(Cl)c(Cl)c2)N[C@@H](CCN2CCCCC2C)C1=O)c1ccccc1.CCC(CN1CC[C@@H](CNC(=O)c2ccc(Cl)c(Cl)c2)N[C@@H](CCN2CCCCCC2)C1=O)c1ccccc1. The first-order valence-electron chi connectivity index (χ1n) is 28.9. The van der Waals surface area contributed by atoms with E-state index in [4.69, 9.17) is 46.4 Å². The minimum absolute atomic E-state index is 0.00314. The number of hydrogen-bond acceptors (Lipinski definition) is 8. The first-order chi connectivity index (χ1) is 37.8. The molecule has 4 amide bonds. The monoisotopic (exact) mass is 1140 g/mol. The van der Waals surface area contributed by atoms with Gasteiger partial charge < -0.3 is 40.9 Å². The van der Waals surface area contributed by atoms with Crippen molar-refractivity contribution in [2.45, 2.75) is 146 Å². The standard InChI is InChI=1S/2C31H42Cl2N4O2/c1-3-23(24-10-5-4-6-11-24)21-37-17-14-26(20-34-30(38)25-12-13-27(32)28(33)19-25)35-29(31(37)39)15-18-36-16-8-7-9-22(36)2;1-2-23(24-10-6-5-7-11-24)22-37-19-14-26(21-34-30(38)25-12-13-27(32)28(33)20-25)35-29(31(37)39)15-18-36-16-8-3-4-9-17-36/h4-6,10-13,19,22-23,26,29,35H,3,7-9,14-18,20-21H2,1-2H3,(H,34,38);5-7,10-13,20,23,26,29,35H,2-4,8-9,14-19,21-22H2,1H3,(H,34,38)/t22?,23?,26-,29-;23?,26-,29-/m00/s1. The lowest BCUT2D eigenvalue weighted by Crippen LogP contribution is -2.51. The summed E-state index contributed by atoms with van der Waals surface area (Å²) in [6.07, 6.45) is 13.8. The lowest BCUT2D eigenvalue weighted by Gasteiger charge is -2.35. The van der Waals surface area contributed by atoms with Gasteiger partial charge >= 0.3 is 0 Å². The maximum atomic E-state index is 13.9. The maximum Gasteiger partial charge on any atom is 0.251 e. The molecule has 4 aromatic rings. The van der Waals surface area contributed by atoms with Crippen molar-refractivity contribution in [3.63, 3.8) is 0 Å². The molecule has 4 heterocycles. The third-order valence-corrected chi connectivity index (χ3v) is 17.9. The Morgan fingerprint density at radius 3 is 1.44 bits per heavy atom. The number of amides is 4. The molecule has 0 radical (unpaired) electrons. The maximum absolute atomic E-state index is 13.9. The Morgan fingerprint density at radius 1 is 0.551 bits per heavy atom. The number of carbonyl (C=O) groups excluding carboxylic acids is 4. The summed E-state index contributed by atoms with van der Waals surface area (Å²) in [7, 11) is 0. The number of halogens is 4. The van der Waals surface area contributed by atoms with Gasteiger partial charge in [0.25, 0.3) is 11.8 Å². The van der Waals surface area contributed by atoms with Gasteiger partial charge in [-0.15, -0.1) is 0 Å². The van der Waals surface area contributed by atoms with E-state index in [2.05, 4.69) is 110 Å². The first-order valence-corrected chi connectivity index (χ1v) is 30.4. The fourth-order valence-corrected chi connectivity index (χ4v) is 12.1. The summed E-state index contributed by atoms with van der Waals surface area (Å²) in [5, 5.41) is 14.9. The van der Waals surface area contributed by atoms with Crippen molar-refractivity contribution in [1.82, 2.24) is 40.9 Å². The highest BCUT2D eigenvalue weighted by Crippen LogP contribution is 2.27. The normalized spacial score (nSPS) is 22.5. The molecule has 0 aliphatic carbocycles. The molecule has 4 aromatic carbocycles. The molecular formula is C62H84Cl4N8O4. The molecule has 0 bridgehead atoms. The van der Waals surface area contributed by atoms with Gasteiger partial charge in [-0.2, -0.15) is 0 Å². The summed E-state index contributed by atoms with van der Waals surface area (Å²) in [4.78, 5) is 62.6. The number of benzene rings is 4. The summed E-state index contributed by atoms with van der Waals surface area (Å²) < 4.78 is 0. The summed E-state index contributed by atoms with van der Waals surface area (Å²) in [6.45, 7) is 15.4. The van der Waals surface area contributed by atoms with Crippen LogP contribution < -0.4 is 21.3 Å². The predicted octanol–water partition coefficient (Wildman–Crippen LogP) is 11.5. The molecule has 0 saturated carbocycles. The van der Waals surface area contributed by atoms with E-state index in [1.165, 1.54) is 56.1 Å². The Morgan fingerprint density at radius 2 is 1.00 bits per heavy atom. The molecule has 4 fully saturated rings. The number of nitrogens with zero attached hydrogens (tertiary/aromatic N) is 4. The Hall–Kier alpha value is -4.24. The van der Waals surface area contributed by atoms with Crippen LogP contribution in [0, 0.1) is 0 Å². The number of rotatable bonds is 20. The van der Waals surface area contributed by atoms with Crippen LogP contribution in [0.2, 0.25) is 20.1 Å². The van der Waals surface area contributed by atoms with Crippen molar-refractivity contribution in [3.8, 4) is 0 Å². The van der Waals surface area contributed by atoms with Crippen molar-refractivity contribution >= 4 is 70.0 Å². The predicted molar refractivity (Wildman–Crippen MR) is 319 cm³/mol. The lowest BCUT2D eigenvalue weighted by molar-refractivity contribution is -0.134. The van der Waals surface area contributed by atoms with Crippen LogP contribution in [-0.2, 0) is 9.59 Å². The van der Waals surface area contributed by atoms with E-state index in [1.807, 2.05) is 12.1 Å². The van der Waals surface area contributed by atoms with Crippen LogP contribution in [0.15, 0.2) is 97.1 Å². The van der Waals surface area contributed by atoms with E-state index in [0.717, 1.165) is 71.2 Å². The zero-order valence-corrected chi connectivity index (χ0v) is 49.2. The Balaban J connectivity index is 0.000000226. The fourth-order valence-electron chi connectivity index (χ4n) is 11.6. The topological polar surface area (TPSA) is 129 Å². The molecule has 0 aromatic heterocycles. The van der Waals surface area contributed by atoms with Crippen molar-refractivity contribution in [3.05, 3.63) is 139 Å². The molecule has 3 unspecified atom stereocenters. The number of nitrogens with one attached hydrogen (secondary N) is 4. The van der Waals surface area contributed by atoms with Crippen molar-refractivity contribution < 1.29 is 19.2 Å².